The second-order valence-corrected chi connectivity index (χ2v) is 7.24. The summed E-state index contributed by atoms with van der Waals surface area (Å²) in [6, 6.07) is 1.67. The minimum atomic E-state index is -1.50. The van der Waals surface area contributed by atoms with Crippen molar-refractivity contribution in [3.63, 3.8) is 0 Å². The monoisotopic (exact) mass is 402 g/mol. The quantitative estimate of drug-likeness (QED) is 0.650. The average molecular weight is 403 g/mol. The van der Waals surface area contributed by atoms with Crippen LogP contribution in [0.15, 0.2) is 12.1 Å². The summed E-state index contributed by atoms with van der Waals surface area (Å²) >= 11 is 5.95. The molecule has 0 bridgehead atoms. The highest BCUT2D eigenvalue weighted by molar-refractivity contribution is 6.28. The van der Waals surface area contributed by atoms with E-state index in [1.807, 2.05) is 13.8 Å². The number of rotatable bonds is 8. The van der Waals surface area contributed by atoms with E-state index in [2.05, 4.69) is 20.3 Å². The summed E-state index contributed by atoms with van der Waals surface area (Å²) in [5, 5.41) is 12.5. The fourth-order valence-corrected chi connectivity index (χ4v) is 2.91. The van der Waals surface area contributed by atoms with Crippen molar-refractivity contribution in [3.05, 3.63) is 46.3 Å². The number of hydrogen-bond acceptors (Lipinski definition) is 5. The number of nitrogens with zero attached hydrogens (tertiary/aromatic N) is 3. The third kappa shape index (κ3) is 6.04. The molecule has 0 spiro atoms. The second-order valence-electron chi connectivity index (χ2n) is 6.90. The summed E-state index contributed by atoms with van der Waals surface area (Å²) in [5.74, 6) is -3.48. The minimum Gasteiger partial charge on any atom is -0.394 e. The molecule has 9 heteroatoms. The van der Waals surface area contributed by atoms with Gasteiger partial charge in [0.05, 0.1) is 12.6 Å². The Morgan fingerprint density at radius 1 is 1.07 bits per heavy atom. The van der Waals surface area contributed by atoms with E-state index in [0.29, 0.717) is 18.2 Å². The Labute approximate surface area is 161 Å². The van der Waals surface area contributed by atoms with Gasteiger partial charge in [0.25, 0.3) is 0 Å². The molecular weight excluding hydrogens is 381 g/mol. The number of aromatic nitrogens is 3. The highest BCUT2D eigenvalue weighted by atomic mass is 35.5. The number of hydrogen-bond donors (Lipinski definition) is 2. The molecule has 2 unspecified atom stereocenters. The largest absolute Gasteiger partial charge is 0.394 e. The molecular formula is C18H22ClF3N4O. The molecule has 0 aliphatic rings. The Bertz CT molecular complexity index is 768. The van der Waals surface area contributed by atoms with Crippen molar-refractivity contribution in [3.8, 4) is 0 Å². The molecule has 0 saturated heterocycles. The summed E-state index contributed by atoms with van der Waals surface area (Å²) in [4.78, 5) is 12.3. The maximum Gasteiger partial charge on any atom is 0.227 e. The van der Waals surface area contributed by atoms with Crippen LogP contribution in [0.4, 0.5) is 19.1 Å². The Morgan fingerprint density at radius 2 is 1.70 bits per heavy atom. The first kappa shape index (κ1) is 21.4. The van der Waals surface area contributed by atoms with E-state index in [1.165, 1.54) is 0 Å². The van der Waals surface area contributed by atoms with Crippen LogP contribution >= 0.6 is 11.6 Å². The summed E-state index contributed by atoms with van der Waals surface area (Å²) in [6.07, 6.45) is 0.926. The van der Waals surface area contributed by atoms with Crippen LogP contribution in [0.3, 0.4) is 0 Å². The van der Waals surface area contributed by atoms with Gasteiger partial charge in [0.15, 0.2) is 17.5 Å². The standard InChI is InChI=1S/C18H22ClF3N4O/c1-9(2)4-12(8-27)23-18-25-15(24-17(19)26-18)5-10(3)11-6-13(20)16(22)14(21)7-11/h6-7,9-10,12,27H,4-5,8H2,1-3H3,(H,23,24,25,26). The predicted octanol–water partition coefficient (Wildman–Crippen LogP) is 4.11. The van der Waals surface area contributed by atoms with Gasteiger partial charge >= 0.3 is 0 Å². The smallest absolute Gasteiger partial charge is 0.227 e. The van der Waals surface area contributed by atoms with Gasteiger partial charge in [-0.15, -0.1) is 0 Å². The lowest BCUT2D eigenvalue weighted by molar-refractivity contribution is 0.259. The highest BCUT2D eigenvalue weighted by Gasteiger charge is 2.18. The van der Waals surface area contributed by atoms with E-state index in [0.717, 1.165) is 12.1 Å². The van der Waals surface area contributed by atoms with Gasteiger partial charge in [0.2, 0.25) is 11.2 Å². The molecule has 2 aromatic rings. The fraction of sp³-hybridized carbons (Fsp3) is 0.500. The Balaban J connectivity index is 2.18. The minimum absolute atomic E-state index is 0.0348. The number of halogens is 4. The summed E-state index contributed by atoms with van der Waals surface area (Å²) in [7, 11) is 0. The second kappa shape index (κ2) is 9.32. The van der Waals surface area contributed by atoms with Crippen LogP contribution in [0, 0.1) is 23.4 Å². The maximum absolute atomic E-state index is 13.4. The lowest BCUT2D eigenvalue weighted by atomic mass is 9.97. The van der Waals surface area contributed by atoms with Crippen LogP contribution in [-0.4, -0.2) is 32.7 Å². The lowest BCUT2D eigenvalue weighted by Gasteiger charge is -2.18. The molecule has 27 heavy (non-hydrogen) atoms. The van der Waals surface area contributed by atoms with Crippen LogP contribution in [0.1, 0.15) is 44.5 Å². The van der Waals surface area contributed by atoms with Crippen LogP contribution in [0.25, 0.3) is 0 Å². The molecule has 1 aromatic heterocycles. The Morgan fingerprint density at radius 3 is 2.26 bits per heavy atom. The van der Waals surface area contributed by atoms with Crippen LogP contribution in [0.5, 0.6) is 0 Å². The molecule has 0 radical (unpaired) electrons. The molecule has 0 aliphatic heterocycles. The van der Waals surface area contributed by atoms with Gasteiger partial charge in [-0.1, -0.05) is 20.8 Å². The van der Waals surface area contributed by atoms with E-state index in [9.17, 15) is 18.3 Å². The van der Waals surface area contributed by atoms with Crippen LogP contribution in [-0.2, 0) is 6.42 Å². The zero-order chi connectivity index (χ0) is 20.1. The summed E-state index contributed by atoms with van der Waals surface area (Å²) < 4.78 is 40.0. The first-order chi connectivity index (χ1) is 12.7. The third-order valence-corrected chi connectivity index (χ3v) is 4.20. The average Bonchev–Trinajstić information content (AvgIpc) is 2.57. The first-order valence-corrected chi connectivity index (χ1v) is 8.99. The van der Waals surface area contributed by atoms with Crippen LogP contribution in [0.2, 0.25) is 5.28 Å². The topological polar surface area (TPSA) is 70.9 Å². The molecule has 1 heterocycles. The fourth-order valence-electron chi connectivity index (χ4n) is 2.73. The van der Waals surface area contributed by atoms with E-state index < -0.39 is 17.5 Å². The zero-order valence-corrected chi connectivity index (χ0v) is 16.1. The number of aliphatic hydroxyl groups is 1. The van der Waals surface area contributed by atoms with E-state index in [-0.39, 0.29) is 41.8 Å². The van der Waals surface area contributed by atoms with Gasteiger partial charge in [-0.2, -0.15) is 9.97 Å². The van der Waals surface area contributed by atoms with Crippen molar-refractivity contribution >= 4 is 17.5 Å². The molecule has 0 saturated carbocycles. The van der Waals surface area contributed by atoms with Gasteiger partial charge in [-0.25, -0.2) is 18.2 Å². The molecule has 0 fully saturated rings. The van der Waals surface area contributed by atoms with Crippen molar-refractivity contribution in [1.82, 2.24) is 15.0 Å². The van der Waals surface area contributed by atoms with Crippen molar-refractivity contribution in [1.29, 1.82) is 0 Å². The predicted molar refractivity (Wildman–Crippen MR) is 97.2 cm³/mol. The lowest BCUT2D eigenvalue weighted by Crippen LogP contribution is -2.27. The van der Waals surface area contributed by atoms with Gasteiger partial charge in [-0.05, 0) is 47.6 Å². The molecule has 0 aliphatic carbocycles. The zero-order valence-electron chi connectivity index (χ0n) is 15.3. The third-order valence-electron chi connectivity index (χ3n) is 4.03. The summed E-state index contributed by atoms with van der Waals surface area (Å²) in [6.45, 7) is 5.67. The molecule has 2 rings (SSSR count). The van der Waals surface area contributed by atoms with Gasteiger partial charge in [0.1, 0.15) is 5.82 Å². The van der Waals surface area contributed by atoms with Crippen molar-refractivity contribution < 1.29 is 18.3 Å². The molecule has 2 atom stereocenters. The Hall–Kier alpha value is -1.93. The first-order valence-electron chi connectivity index (χ1n) is 8.61. The highest BCUT2D eigenvalue weighted by Crippen LogP contribution is 2.24. The molecule has 5 nitrogen and oxygen atoms in total. The van der Waals surface area contributed by atoms with Gasteiger partial charge in [0, 0.05) is 6.42 Å². The normalized spacial score (nSPS) is 13.7. The number of benzene rings is 1. The number of nitrogens with one attached hydrogen (secondary N) is 1. The van der Waals surface area contributed by atoms with E-state index in [1.54, 1.807) is 6.92 Å². The number of anilines is 1. The van der Waals surface area contributed by atoms with Crippen LogP contribution < -0.4 is 5.32 Å². The van der Waals surface area contributed by atoms with E-state index in [4.69, 9.17) is 11.6 Å². The van der Waals surface area contributed by atoms with Gasteiger partial charge < -0.3 is 10.4 Å². The summed E-state index contributed by atoms with van der Waals surface area (Å²) in [5.41, 5.74) is 0.283. The molecule has 1 aromatic carbocycles. The Kier molecular flexibility index (Phi) is 7.38. The molecule has 148 valence electrons. The van der Waals surface area contributed by atoms with Crippen molar-refractivity contribution in [2.45, 2.75) is 45.6 Å². The SMILES string of the molecule is CC(C)CC(CO)Nc1nc(Cl)nc(CC(C)c2cc(F)c(F)c(F)c2)n1. The molecule has 2 N–H and O–H groups in total. The van der Waals surface area contributed by atoms with E-state index >= 15 is 0 Å². The number of aliphatic hydroxyl groups excluding tert-OH is 1. The van der Waals surface area contributed by atoms with Crippen molar-refractivity contribution in [2.75, 3.05) is 11.9 Å². The van der Waals surface area contributed by atoms with Gasteiger partial charge in [-0.3, -0.25) is 0 Å². The molecule has 0 amide bonds. The maximum atomic E-state index is 13.4. The van der Waals surface area contributed by atoms with Crippen molar-refractivity contribution in [2.24, 2.45) is 5.92 Å².